The number of aromatic nitrogens is 2. The van der Waals surface area contributed by atoms with Gasteiger partial charge in [-0.2, -0.15) is 4.98 Å². The minimum absolute atomic E-state index is 0.0275. The standard InChI is InChI=1S/C19H23N5O4/c1-2-13(25)8-6-11-5-7-12(10-15(11)18(27)28)22-9-3-4-14-16(20)23-19(21)24-17(14)26/h5-8,10,22H,2-4,9H2,1H3,(H,27,28)(H5,20,21,23,24,26)/b8-6+. The monoisotopic (exact) mass is 385 g/mol. The Labute approximate surface area is 161 Å². The predicted molar refractivity (Wildman–Crippen MR) is 108 cm³/mol. The number of benzene rings is 1. The molecule has 0 saturated heterocycles. The molecule has 0 aliphatic rings. The molecule has 0 amide bonds. The number of aromatic carboxylic acids is 1. The van der Waals surface area contributed by atoms with Crippen LogP contribution in [-0.2, 0) is 11.2 Å². The molecule has 0 radical (unpaired) electrons. The molecule has 28 heavy (non-hydrogen) atoms. The first-order valence-corrected chi connectivity index (χ1v) is 8.78. The normalized spacial score (nSPS) is 10.9. The van der Waals surface area contributed by atoms with Crippen LogP contribution in [0.4, 0.5) is 17.5 Å². The second kappa shape index (κ2) is 9.36. The fraction of sp³-hybridized carbons (Fsp3) is 0.263. The Balaban J connectivity index is 2.02. The van der Waals surface area contributed by atoms with E-state index in [1.807, 2.05) is 0 Å². The lowest BCUT2D eigenvalue weighted by molar-refractivity contribution is -0.114. The van der Waals surface area contributed by atoms with Crippen molar-refractivity contribution in [3.05, 3.63) is 51.3 Å². The van der Waals surface area contributed by atoms with Crippen LogP contribution in [0.1, 0.15) is 41.3 Å². The van der Waals surface area contributed by atoms with E-state index in [1.165, 1.54) is 18.2 Å². The molecular weight excluding hydrogens is 362 g/mol. The zero-order valence-corrected chi connectivity index (χ0v) is 15.5. The van der Waals surface area contributed by atoms with E-state index in [4.69, 9.17) is 11.5 Å². The van der Waals surface area contributed by atoms with E-state index < -0.39 is 5.97 Å². The second-order valence-electron chi connectivity index (χ2n) is 6.11. The number of allylic oxidation sites excluding steroid dienone is 1. The van der Waals surface area contributed by atoms with Crippen molar-refractivity contribution >= 4 is 35.3 Å². The quantitative estimate of drug-likeness (QED) is 0.321. The molecule has 1 aromatic heterocycles. The molecule has 2 aromatic rings. The fourth-order valence-electron chi connectivity index (χ4n) is 2.57. The Hall–Kier alpha value is -3.62. The highest BCUT2D eigenvalue weighted by Gasteiger charge is 2.10. The summed E-state index contributed by atoms with van der Waals surface area (Å²) >= 11 is 0. The molecule has 0 aliphatic carbocycles. The van der Waals surface area contributed by atoms with Crippen LogP contribution in [0.5, 0.6) is 0 Å². The summed E-state index contributed by atoms with van der Waals surface area (Å²) in [7, 11) is 0. The van der Waals surface area contributed by atoms with Crippen molar-refractivity contribution in [2.75, 3.05) is 23.3 Å². The third-order valence-electron chi connectivity index (χ3n) is 4.08. The molecule has 2 rings (SSSR count). The van der Waals surface area contributed by atoms with Crippen LogP contribution in [0, 0.1) is 0 Å². The number of rotatable bonds is 9. The first kappa shape index (κ1) is 20.7. The maximum atomic E-state index is 11.8. The van der Waals surface area contributed by atoms with E-state index in [1.54, 1.807) is 19.1 Å². The van der Waals surface area contributed by atoms with Gasteiger partial charge in [-0.05, 0) is 36.6 Å². The lowest BCUT2D eigenvalue weighted by Gasteiger charge is -2.10. The maximum Gasteiger partial charge on any atom is 0.336 e. The summed E-state index contributed by atoms with van der Waals surface area (Å²) in [6.07, 6.45) is 4.20. The fourth-order valence-corrected chi connectivity index (χ4v) is 2.57. The van der Waals surface area contributed by atoms with Gasteiger partial charge in [-0.3, -0.25) is 14.6 Å². The summed E-state index contributed by atoms with van der Waals surface area (Å²) < 4.78 is 0. The molecule has 9 nitrogen and oxygen atoms in total. The van der Waals surface area contributed by atoms with E-state index in [9.17, 15) is 19.5 Å². The van der Waals surface area contributed by atoms with Crippen LogP contribution < -0.4 is 22.3 Å². The van der Waals surface area contributed by atoms with E-state index in [0.29, 0.717) is 42.6 Å². The Bertz CT molecular complexity index is 965. The van der Waals surface area contributed by atoms with Crippen molar-refractivity contribution in [2.24, 2.45) is 0 Å². The molecule has 0 atom stereocenters. The van der Waals surface area contributed by atoms with Gasteiger partial charge in [-0.1, -0.05) is 19.1 Å². The van der Waals surface area contributed by atoms with Crippen LogP contribution in [-0.4, -0.2) is 33.4 Å². The SMILES string of the molecule is CCC(=O)/C=C/c1ccc(NCCCc2c(N)nc(N)[nH]c2=O)cc1C(=O)O. The highest BCUT2D eigenvalue weighted by atomic mass is 16.4. The van der Waals surface area contributed by atoms with Gasteiger partial charge in [0, 0.05) is 18.7 Å². The summed E-state index contributed by atoms with van der Waals surface area (Å²) in [5.41, 5.74) is 12.3. The number of hydrogen-bond acceptors (Lipinski definition) is 7. The molecule has 0 fully saturated rings. The van der Waals surface area contributed by atoms with Crippen LogP contribution >= 0.6 is 0 Å². The third kappa shape index (κ3) is 5.44. The molecule has 0 unspecified atom stereocenters. The van der Waals surface area contributed by atoms with Gasteiger partial charge < -0.3 is 21.9 Å². The van der Waals surface area contributed by atoms with Gasteiger partial charge in [0.05, 0.1) is 11.1 Å². The largest absolute Gasteiger partial charge is 0.478 e. The number of carboxylic acid groups (broad SMARTS) is 1. The van der Waals surface area contributed by atoms with Crippen LogP contribution in [0.3, 0.4) is 0 Å². The summed E-state index contributed by atoms with van der Waals surface area (Å²) in [4.78, 5) is 41.0. The number of anilines is 3. The highest BCUT2D eigenvalue weighted by Crippen LogP contribution is 2.18. The maximum absolute atomic E-state index is 11.8. The Kier molecular flexibility index (Phi) is 6.91. The highest BCUT2D eigenvalue weighted by molar-refractivity contribution is 5.97. The van der Waals surface area contributed by atoms with Gasteiger partial charge in [0.1, 0.15) is 5.82 Å². The number of nitrogens with two attached hydrogens (primary N) is 2. The number of H-pyrrole nitrogens is 1. The van der Waals surface area contributed by atoms with Crippen molar-refractivity contribution in [3.8, 4) is 0 Å². The number of carbonyl (C=O) groups is 2. The van der Waals surface area contributed by atoms with Crippen LogP contribution in [0.15, 0.2) is 29.1 Å². The zero-order chi connectivity index (χ0) is 20.7. The van der Waals surface area contributed by atoms with E-state index in [2.05, 4.69) is 15.3 Å². The Morgan fingerprint density at radius 2 is 2.07 bits per heavy atom. The molecule has 0 saturated carbocycles. The van der Waals surface area contributed by atoms with Crippen molar-refractivity contribution < 1.29 is 14.7 Å². The molecule has 1 aromatic carbocycles. The molecule has 148 valence electrons. The van der Waals surface area contributed by atoms with Crippen LogP contribution in [0.2, 0.25) is 0 Å². The van der Waals surface area contributed by atoms with Crippen LogP contribution in [0.25, 0.3) is 6.08 Å². The molecular formula is C19H23N5O4. The average molecular weight is 385 g/mol. The summed E-state index contributed by atoms with van der Waals surface area (Å²) in [6, 6.07) is 4.87. The van der Waals surface area contributed by atoms with E-state index in [0.717, 1.165) is 0 Å². The number of nitrogens with zero attached hydrogens (tertiary/aromatic N) is 1. The molecule has 9 heteroatoms. The first-order valence-electron chi connectivity index (χ1n) is 8.78. The summed E-state index contributed by atoms with van der Waals surface area (Å²) in [5, 5.41) is 12.5. The van der Waals surface area contributed by atoms with Gasteiger partial charge in [0.15, 0.2) is 5.78 Å². The molecule has 1 heterocycles. The smallest absolute Gasteiger partial charge is 0.336 e. The van der Waals surface area contributed by atoms with E-state index >= 15 is 0 Å². The summed E-state index contributed by atoms with van der Waals surface area (Å²) in [5.74, 6) is -1.09. The van der Waals surface area contributed by atoms with Gasteiger partial charge in [-0.15, -0.1) is 0 Å². The molecule has 0 bridgehead atoms. The van der Waals surface area contributed by atoms with Gasteiger partial charge in [-0.25, -0.2) is 4.79 Å². The molecule has 7 N–H and O–H groups in total. The zero-order valence-electron chi connectivity index (χ0n) is 15.5. The lowest BCUT2D eigenvalue weighted by atomic mass is 10.0. The number of hydrogen-bond donors (Lipinski definition) is 5. The van der Waals surface area contributed by atoms with Gasteiger partial charge >= 0.3 is 5.97 Å². The van der Waals surface area contributed by atoms with Crippen molar-refractivity contribution in [3.63, 3.8) is 0 Å². The number of aromatic amines is 1. The first-order chi connectivity index (χ1) is 13.3. The summed E-state index contributed by atoms with van der Waals surface area (Å²) in [6.45, 7) is 2.23. The molecule has 0 spiro atoms. The van der Waals surface area contributed by atoms with Crippen molar-refractivity contribution in [2.45, 2.75) is 26.2 Å². The van der Waals surface area contributed by atoms with Crippen molar-refractivity contribution in [1.82, 2.24) is 9.97 Å². The average Bonchev–Trinajstić information content (AvgIpc) is 2.64. The minimum atomic E-state index is -1.08. The number of ketones is 1. The number of nitrogens with one attached hydrogen (secondary N) is 2. The second-order valence-corrected chi connectivity index (χ2v) is 6.11. The van der Waals surface area contributed by atoms with Gasteiger partial charge in [0.25, 0.3) is 5.56 Å². The minimum Gasteiger partial charge on any atom is -0.478 e. The number of carbonyl (C=O) groups excluding carboxylic acids is 1. The topological polar surface area (TPSA) is 164 Å². The van der Waals surface area contributed by atoms with E-state index in [-0.39, 0.29) is 28.7 Å². The predicted octanol–water partition coefficient (Wildman–Crippen LogP) is 1.67. The molecule has 0 aliphatic heterocycles. The van der Waals surface area contributed by atoms with Crippen molar-refractivity contribution in [1.29, 1.82) is 0 Å². The Morgan fingerprint density at radius 1 is 1.32 bits per heavy atom. The number of nitrogen functional groups attached to an aromatic ring is 2. The van der Waals surface area contributed by atoms with Gasteiger partial charge in [0.2, 0.25) is 5.95 Å². The third-order valence-corrected chi connectivity index (χ3v) is 4.08. The lowest BCUT2D eigenvalue weighted by Crippen LogP contribution is -2.20. The Morgan fingerprint density at radius 3 is 2.71 bits per heavy atom. The number of carboxylic acids is 1.